The molecule has 0 bridgehead atoms. The lowest BCUT2D eigenvalue weighted by Crippen LogP contribution is -1.91. The van der Waals surface area contributed by atoms with Gasteiger partial charge in [-0.2, -0.15) is 5.26 Å². The highest BCUT2D eigenvalue weighted by molar-refractivity contribution is 8.07. The molecule has 0 aliphatic heterocycles. The molecule has 1 aliphatic rings. The summed E-state index contributed by atoms with van der Waals surface area (Å²) in [4.78, 5) is 1.08. The average molecular weight is 151 g/mol. The Labute approximate surface area is 65.4 Å². The van der Waals surface area contributed by atoms with E-state index in [9.17, 15) is 0 Å². The van der Waals surface area contributed by atoms with E-state index in [2.05, 4.69) is 24.5 Å². The second kappa shape index (κ2) is 3.48. The first-order valence-electron chi connectivity index (χ1n) is 3.27. The molecule has 10 heavy (non-hydrogen) atoms. The molecule has 1 unspecified atom stereocenters. The van der Waals surface area contributed by atoms with E-state index in [1.807, 2.05) is 6.08 Å². The first-order valence-corrected chi connectivity index (χ1v) is 4.09. The number of nitriles is 1. The SMILES string of the molecule is CC1C=C(SC#N)C=CC1. The van der Waals surface area contributed by atoms with Crippen LogP contribution in [0.25, 0.3) is 0 Å². The van der Waals surface area contributed by atoms with Crippen LogP contribution in [0.2, 0.25) is 0 Å². The predicted octanol–water partition coefficient (Wildman–Crippen LogP) is 2.68. The Kier molecular flexibility index (Phi) is 2.58. The molecule has 1 nitrogen and oxygen atoms in total. The van der Waals surface area contributed by atoms with E-state index in [-0.39, 0.29) is 0 Å². The van der Waals surface area contributed by atoms with Crippen molar-refractivity contribution in [2.45, 2.75) is 13.3 Å². The smallest absolute Gasteiger partial charge is 0.138 e. The van der Waals surface area contributed by atoms with Crippen molar-refractivity contribution in [2.75, 3.05) is 0 Å². The molecular formula is C8H9NS. The van der Waals surface area contributed by atoms with Gasteiger partial charge in [0.05, 0.1) is 0 Å². The van der Waals surface area contributed by atoms with E-state index < -0.39 is 0 Å². The number of rotatable bonds is 1. The Morgan fingerprint density at radius 2 is 2.60 bits per heavy atom. The average Bonchev–Trinajstić information content (AvgIpc) is 1.88. The van der Waals surface area contributed by atoms with Crippen molar-refractivity contribution >= 4 is 11.8 Å². The van der Waals surface area contributed by atoms with E-state index in [4.69, 9.17) is 5.26 Å². The molecular weight excluding hydrogens is 142 g/mol. The van der Waals surface area contributed by atoms with Gasteiger partial charge in [-0.15, -0.1) is 0 Å². The van der Waals surface area contributed by atoms with E-state index in [0.717, 1.165) is 11.3 Å². The van der Waals surface area contributed by atoms with Crippen LogP contribution in [0.3, 0.4) is 0 Å². The molecule has 0 heterocycles. The fourth-order valence-corrected chi connectivity index (χ4v) is 1.49. The van der Waals surface area contributed by atoms with Crippen LogP contribution in [0.15, 0.2) is 23.1 Å². The van der Waals surface area contributed by atoms with Gasteiger partial charge in [-0.3, -0.25) is 0 Å². The first-order chi connectivity index (χ1) is 4.83. The molecule has 0 aromatic rings. The minimum absolute atomic E-state index is 0.598. The Morgan fingerprint density at radius 1 is 1.80 bits per heavy atom. The van der Waals surface area contributed by atoms with Crippen LogP contribution in [0.5, 0.6) is 0 Å². The Hall–Kier alpha value is -0.680. The van der Waals surface area contributed by atoms with Crippen molar-refractivity contribution in [2.24, 2.45) is 5.92 Å². The van der Waals surface area contributed by atoms with E-state index in [1.54, 1.807) is 0 Å². The van der Waals surface area contributed by atoms with Crippen LogP contribution in [-0.4, -0.2) is 0 Å². The molecule has 2 heteroatoms. The summed E-state index contributed by atoms with van der Waals surface area (Å²) in [5, 5.41) is 10.4. The highest BCUT2D eigenvalue weighted by Crippen LogP contribution is 2.23. The molecule has 1 rings (SSSR count). The number of hydrogen-bond acceptors (Lipinski definition) is 2. The van der Waals surface area contributed by atoms with Crippen LogP contribution in [-0.2, 0) is 0 Å². The number of nitrogens with zero attached hydrogens (tertiary/aromatic N) is 1. The molecule has 52 valence electrons. The fraction of sp³-hybridized carbons (Fsp3) is 0.375. The summed E-state index contributed by atoms with van der Waals surface area (Å²) in [6.45, 7) is 2.15. The van der Waals surface area contributed by atoms with Gasteiger partial charge < -0.3 is 0 Å². The molecule has 0 aromatic carbocycles. The van der Waals surface area contributed by atoms with Gasteiger partial charge >= 0.3 is 0 Å². The maximum atomic E-state index is 8.34. The van der Waals surface area contributed by atoms with Gasteiger partial charge in [0.25, 0.3) is 0 Å². The third-order valence-corrected chi connectivity index (χ3v) is 2.00. The largest absolute Gasteiger partial charge is 0.185 e. The zero-order chi connectivity index (χ0) is 7.40. The highest BCUT2D eigenvalue weighted by atomic mass is 32.2. The molecule has 0 amide bonds. The van der Waals surface area contributed by atoms with Crippen LogP contribution in [0, 0.1) is 16.6 Å². The summed E-state index contributed by atoms with van der Waals surface area (Å²) in [6, 6.07) is 0. The molecule has 0 saturated carbocycles. The fourth-order valence-electron chi connectivity index (χ4n) is 0.924. The van der Waals surface area contributed by atoms with Crippen molar-refractivity contribution in [3.63, 3.8) is 0 Å². The standard InChI is InChI=1S/C8H9NS/c1-7-3-2-4-8(5-7)10-6-9/h2,4-5,7H,3H2,1H3. The summed E-state index contributed by atoms with van der Waals surface area (Å²) in [5.74, 6) is 0.598. The Balaban J connectivity index is 2.59. The van der Waals surface area contributed by atoms with Gasteiger partial charge in [0.1, 0.15) is 5.40 Å². The molecule has 0 radical (unpaired) electrons. The molecule has 1 aliphatic carbocycles. The minimum Gasteiger partial charge on any atom is -0.185 e. The van der Waals surface area contributed by atoms with Gasteiger partial charge in [0, 0.05) is 4.91 Å². The van der Waals surface area contributed by atoms with Gasteiger partial charge in [0.2, 0.25) is 0 Å². The second-order valence-electron chi connectivity index (χ2n) is 2.38. The highest BCUT2D eigenvalue weighted by Gasteiger charge is 2.03. The molecule has 0 N–H and O–H groups in total. The van der Waals surface area contributed by atoms with Crippen molar-refractivity contribution in [3.05, 3.63) is 23.1 Å². The van der Waals surface area contributed by atoms with E-state index >= 15 is 0 Å². The van der Waals surface area contributed by atoms with Crippen molar-refractivity contribution in [1.29, 1.82) is 5.26 Å². The third kappa shape index (κ3) is 1.93. The monoisotopic (exact) mass is 151 g/mol. The summed E-state index contributed by atoms with van der Waals surface area (Å²) in [6.07, 6.45) is 7.36. The topological polar surface area (TPSA) is 23.8 Å². The third-order valence-electron chi connectivity index (χ3n) is 1.40. The summed E-state index contributed by atoms with van der Waals surface area (Å²) in [5.41, 5.74) is 0. The molecule has 0 fully saturated rings. The molecule has 0 aromatic heterocycles. The quantitative estimate of drug-likeness (QED) is 0.538. The van der Waals surface area contributed by atoms with Crippen LogP contribution in [0.4, 0.5) is 0 Å². The van der Waals surface area contributed by atoms with Crippen LogP contribution >= 0.6 is 11.8 Å². The maximum absolute atomic E-state index is 8.34. The normalized spacial score (nSPS) is 23.6. The lowest BCUT2D eigenvalue weighted by Gasteiger charge is -2.07. The Morgan fingerprint density at radius 3 is 3.20 bits per heavy atom. The van der Waals surface area contributed by atoms with Crippen molar-refractivity contribution < 1.29 is 0 Å². The van der Waals surface area contributed by atoms with Crippen molar-refractivity contribution in [1.82, 2.24) is 0 Å². The molecule has 1 atom stereocenters. The Bertz CT molecular complexity index is 210. The number of thioether (sulfide) groups is 1. The van der Waals surface area contributed by atoms with Gasteiger partial charge in [-0.05, 0) is 24.1 Å². The molecule has 0 saturated heterocycles. The summed E-state index contributed by atoms with van der Waals surface area (Å²) in [7, 11) is 0. The van der Waals surface area contributed by atoms with Crippen LogP contribution in [0.1, 0.15) is 13.3 Å². The lowest BCUT2D eigenvalue weighted by atomic mass is 10.0. The zero-order valence-corrected chi connectivity index (χ0v) is 6.69. The van der Waals surface area contributed by atoms with Crippen LogP contribution < -0.4 is 0 Å². The molecule has 0 spiro atoms. The number of hydrogen-bond donors (Lipinski definition) is 0. The minimum atomic E-state index is 0.598. The van der Waals surface area contributed by atoms with E-state index in [1.165, 1.54) is 11.8 Å². The number of thiocyanates is 1. The number of allylic oxidation sites excluding steroid dienone is 3. The second-order valence-corrected chi connectivity index (χ2v) is 3.24. The first kappa shape index (κ1) is 7.43. The maximum Gasteiger partial charge on any atom is 0.138 e. The van der Waals surface area contributed by atoms with Crippen molar-refractivity contribution in [3.8, 4) is 5.40 Å². The predicted molar refractivity (Wildman–Crippen MR) is 44.2 cm³/mol. The van der Waals surface area contributed by atoms with Gasteiger partial charge in [0.15, 0.2) is 0 Å². The van der Waals surface area contributed by atoms with E-state index in [0.29, 0.717) is 5.92 Å². The van der Waals surface area contributed by atoms with Gasteiger partial charge in [-0.1, -0.05) is 25.2 Å². The summed E-state index contributed by atoms with van der Waals surface area (Å²) < 4.78 is 0. The zero-order valence-electron chi connectivity index (χ0n) is 5.87. The summed E-state index contributed by atoms with van der Waals surface area (Å²) >= 11 is 1.24. The van der Waals surface area contributed by atoms with Gasteiger partial charge in [-0.25, -0.2) is 0 Å². The lowest BCUT2D eigenvalue weighted by molar-refractivity contribution is 0.735.